The highest BCUT2D eigenvalue weighted by Gasteiger charge is 2.18. The Kier molecular flexibility index (Phi) is 5.69. The molecule has 3 aromatic carbocycles. The van der Waals surface area contributed by atoms with Crippen LogP contribution in [0.25, 0.3) is 22.6 Å². The van der Waals surface area contributed by atoms with Gasteiger partial charge in [0, 0.05) is 11.3 Å². The van der Waals surface area contributed by atoms with Crippen molar-refractivity contribution in [1.29, 1.82) is 0 Å². The number of rotatable bonds is 6. The zero-order valence-electron chi connectivity index (χ0n) is 16.6. The molecule has 0 bridgehead atoms. The molecule has 0 aliphatic rings. The molecule has 0 aliphatic carbocycles. The molecule has 0 fully saturated rings. The molecule has 0 atom stereocenters. The van der Waals surface area contributed by atoms with E-state index in [1.165, 1.54) is 11.1 Å². The Labute approximate surface area is 190 Å². The zero-order chi connectivity index (χ0) is 21.0. The smallest absolute Gasteiger partial charge is 0.171 e. The van der Waals surface area contributed by atoms with Gasteiger partial charge in [0.2, 0.25) is 0 Å². The van der Waals surface area contributed by atoms with E-state index in [9.17, 15) is 0 Å². The van der Waals surface area contributed by atoms with Gasteiger partial charge in [-0.05, 0) is 11.1 Å². The Morgan fingerprint density at radius 1 is 0.710 bits per heavy atom. The van der Waals surface area contributed by atoms with Crippen molar-refractivity contribution in [2.24, 2.45) is 0 Å². The van der Waals surface area contributed by atoms with Gasteiger partial charge in [0.25, 0.3) is 0 Å². The molecule has 0 unspecified atom stereocenters. The first-order chi connectivity index (χ1) is 15.3. The van der Waals surface area contributed by atoms with Crippen molar-refractivity contribution in [3.8, 4) is 11.4 Å². The second-order valence-electron chi connectivity index (χ2n) is 7.12. The summed E-state index contributed by atoms with van der Waals surface area (Å²) in [4.78, 5) is 14.2. The Balaban J connectivity index is 1.60. The zero-order valence-corrected chi connectivity index (χ0v) is 18.2. The molecule has 0 saturated heterocycles. The highest BCUT2D eigenvalue weighted by atomic mass is 35.5. The summed E-state index contributed by atoms with van der Waals surface area (Å²) in [7, 11) is 0. The Hall–Kier alpha value is -3.15. The van der Waals surface area contributed by atoms with Crippen LogP contribution in [-0.4, -0.2) is 19.5 Å². The first-order valence-corrected chi connectivity index (χ1v) is 11.3. The van der Waals surface area contributed by atoms with Gasteiger partial charge in [-0.1, -0.05) is 114 Å². The average molecular weight is 443 g/mol. The predicted molar refractivity (Wildman–Crippen MR) is 127 cm³/mol. The van der Waals surface area contributed by atoms with Crippen LogP contribution in [0.5, 0.6) is 0 Å². The number of hydrogen-bond donors (Lipinski definition) is 0. The fourth-order valence-corrected chi connectivity index (χ4v) is 4.56. The van der Waals surface area contributed by atoms with Gasteiger partial charge < -0.3 is 0 Å². The lowest BCUT2D eigenvalue weighted by atomic mass is 10.2. The number of benzene rings is 3. The van der Waals surface area contributed by atoms with Crippen molar-refractivity contribution in [2.45, 2.75) is 17.5 Å². The summed E-state index contributed by atoms with van der Waals surface area (Å²) in [6, 6.07) is 30.6. The number of aromatic nitrogens is 4. The van der Waals surface area contributed by atoms with Crippen LogP contribution < -0.4 is 0 Å². The summed E-state index contributed by atoms with van der Waals surface area (Å²) in [6.07, 6.45) is 0. The van der Waals surface area contributed by atoms with E-state index in [0.29, 0.717) is 23.0 Å². The maximum atomic E-state index is 6.58. The number of halogens is 1. The normalized spacial score (nSPS) is 11.1. The summed E-state index contributed by atoms with van der Waals surface area (Å²) in [5, 5.41) is 1.25. The second-order valence-corrected chi connectivity index (χ2v) is 8.42. The van der Waals surface area contributed by atoms with E-state index in [2.05, 4.69) is 45.9 Å². The van der Waals surface area contributed by atoms with Crippen molar-refractivity contribution in [1.82, 2.24) is 19.5 Å². The van der Waals surface area contributed by atoms with Crippen LogP contribution >= 0.6 is 23.4 Å². The number of imidazole rings is 1. The van der Waals surface area contributed by atoms with Crippen molar-refractivity contribution >= 4 is 34.5 Å². The highest BCUT2D eigenvalue weighted by Crippen LogP contribution is 2.31. The topological polar surface area (TPSA) is 43.6 Å². The fraction of sp³-hybridized carbons (Fsp3) is 0.0800. The number of hydrogen-bond acceptors (Lipinski definition) is 4. The third-order valence-electron chi connectivity index (χ3n) is 4.94. The molecule has 0 aliphatic heterocycles. The van der Waals surface area contributed by atoms with Gasteiger partial charge >= 0.3 is 0 Å². The molecule has 0 spiro atoms. The standard InChI is InChI=1S/C25H19ClN4S/c26-22-21-24(29-23(28-22)20-14-8-3-9-15-20)30(16-18-10-4-1-5-11-18)25(27-21)31-17-19-12-6-2-7-13-19/h1-15H,16-17H2. The van der Waals surface area contributed by atoms with Crippen LogP contribution in [0.15, 0.2) is 96.2 Å². The van der Waals surface area contributed by atoms with Crippen molar-refractivity contribution in [3.05, 3.63) is 107 Å². The first-order valence-electron chi connectivity index (χ1n) is 9.98. The molecule has 2 heterocycles. The molecule has 152 valence electrons. The number of fused-ring (bicyclic) bond motifs is 1. The van der Waals surface area contributed by atoms with Crippen molar-refractivity contribution in [2.75, 3.05) is 0 Å². The number of nitrogens with zero attached hydrogens (tertiary/aromatic N) is 4. The molecule has 5 aromatic rings. The molecule has 5 rings (SSSR count). The predicted octanol–water partition coefficient (Wildman–Crippen LogP) is 6.49. The lowest BCUT2D eigenvalue weighted by Gasteiger charge is -2.09. The molecule has 2 aromatic heterocycles. The third kappa shape index (κ3) is 4.33. The summed E-state index contributed by atoms with van der Waals surface area (Å²) in [5.74, 6) is 1.42. The minimum Gasteiger partial charge on any atom is -0.299 e. The van der Waals surface area contributed by atoms with E-state index >= 15 is 0 Å². The maximum Gasteiger partial charge on any atom is 0.171 e. The van der Waals surface area contributed by atoms with E-state index in [1.54, 1.807) is 11.8 Å². The minimum atomic E-state index is 0.372. The second kappa shape index (κ2) is 8.92. The molecular weight excluding hydrogens is 424 g/mol. The Bertz CT molecular complexity index is 1310. The van der Waals surface area contributed by atoms with Crippen LogP contribution in [0, 0.1) is 0 Å². The molecule has 4 nitrogen and oxygen atoms in total. The minimum absolute atomic E-state index is 0.372. The molecule has 6 heteroatoms. The molecule has 0 N–H and O–H groups in total. The van der Waals surface area contributed by atoms with E-state index in [4.69, 9.17) is 21.6 Å². The van der Waals surface area contributed by atoms with Crippen molar-refractivity contribution < 1.29 is 0 Å². The van der Waals surface area contributed by atoms with E-state index in [-0.39, 0.29) is 0 Å². The molecule has 31 heavy (non-hydrogen) atoms. The fourth-order valence-electron chi connectivity index (χ4n) is 3.40. The summed E-state index contributed by atoms with van der Waals surface area (Å²) < 4.78 is 2.14. The van der Waals surface area contributed by atoms with Gasteiger partial charge in [0.05, 0.1) is 6.54 Å². The van der Waals surface area contributed by atoms with Gasteiger partial charge in [-0.2, -0.15) is 0 Å². The SMILES string of the molecule is Clc1nc(-c2ccccc2)nc2c1nc(SCc1ccccc1)n2Cc1ccccc1. The van der Waals surface area contributed by atoms with Crippen LogP contribution in [0.3, 0.4) is 0 Å². The quantitative estimate of drug-likeness (QED) is 0.223. The lowest BCUT2D eigenvalue weighted by Crippen LogP contribution is -2.03. The lowest BCUT2D eigenvalue weighted by molar-refractivity contribution is 0.724. The number of thioether (sulfide) groups is 1. The molecule has 0 radical (unpaired) electrons. The Morgan fingerprint density at radius 2 is 1.32 bits per heavy atom. The van der Waals surface area contributed by atoms with Gasteiger partial charge in [-0.3, -0.25) is 4.57 Å². The van der Waals surface area contributed by atoms with Gasteiger partial charge in [0.1, 0.15) is 5.52 Å². The largest absolute Gasteiger partial charge is 0.299 e. The summed E-state index contributed by atoms with van der Waals surface area (Å²) >= 11 is 8.26. The Morgan fingerprint density at radius 3 is 2.00 bits per heavy atom. The molecular formula is C25H19ClN4S. The van der Waals surface area contributed by atoms with E-state index < -0.39 is 0 Å². The monoisotopic (exact) mass is 442 g/mol. The van der Waals surface area contributed by atoms with E-state index in [0.717, 1.165) is 22.1 Å². The first kappa shape index (κ1) is 19.8. The van der Waals surface area contributed by atoms with Gasteiger partial charge in [-0.25, -0.2) is 15.0 Å². The van der Waals surface area contributed by atoms with Gasteiger partial charge in [0.15, 0.2) is 21.8 Å². The van der Waals surface area contributed by atoms with Gasteiger partial charge in [-0.15, -0.1) is 0 Å². The average Bonchev–Trinajstić information content (AvgIpc) is 3.17. The summed E-state index contributed by atoms with van der Waals surface area (Å²) in [5.41, 5.74) is 4.73. The molecule has 0 amide bonds. The molecule has 0 saturated carbocycles. The summed E-state index contributed by atoms with van der Waals surface area (Å²) in [6.45, 7) is 0.663. The van der Waals surface area contributed by atoms with Crippen LogP contribution in [0.2, 0.25) is 5.15 Å². The van der Waals surface area contributed by atoms with Crippen molar-refractivity contribution in [3.63, 3.8) is 0 Å². The van der Waals surface area contributed by atoms with Crippen LogP contribution in [-0.2, 0) is 12.3 Å². The van der Waals surface area contributed by atoms with Crippen LogP contribution in [0.4, 0.5) is 0 Å². The van der Waals surface area contributed by atoms with Crippen LogP contribution in [0.1, 0.15) is 11.1 Å². The third-order valence-corrected chi connectivity index (χ3v) is 6.25. The van der Waals surface area contributed by atoms with E-state index in [1.807, 2.05) is 54.6 Å². The maximum absolute atomic E-state index is 6.58. The highest BCUT2D eigenvalue weighted by molar-refractivity contribution is 7.98.